The van der Waals surface area contributed by atoms with Crippen LogP contribution in [-0.4, -0.2) is 43.7 Å². The van der Waals surface area contributed by atoms with Gasteiger partial charge in [-0.25, -0.2) is 9.59 Å². The van der Waals surface area contributed by atoms with E-state index in [1.807, 2.05) is 0 Å². The number of rotatable bonds is 8. The minimum Gasteiger partial charge on any atom is -0.459 e. The SMILES string of the molecule is C=C(C)C(=O)OCCOC(=O)C(F)(F)COC(=O)C1CC2CCC1C2. The molecule has 0 saturated heterocycles. The van der Waals surface area contributed by atoms with E-state index in [4.69, 9.17) is 0 Å². The molecule has 0 aromatic carbocycles. The van der Waals surface area contributed by atoms with E-state index >= 15 is 0 Å². The van der Waals surface area contributed by atoms with Crippen LogP contribution in [0.2, 0.25) is 0 Å². The van der Waals surface area contributed by atoms with Gasteiger partial charge < -0.3 is 14.2 Å². The molecule has 140 valence electrons. The smallest absolute Gasteiger partial charge is 0.380 e. The zero-order valence-corrected chi connectivity index (χ0v) is 14.1. The summed E-state index contributed by atoms with van der Waals surface area (Å²) in [4.78, 5) is 34.4. The van der Waals surface area contributed by atoms with Gasteiger partial charge in [0.25, 0.3) is 0 Å². The van der Waals surface area contributed by atoms with Gasteiger partial charge in [-0.05, 0) is 38.0 Å². The van der Waals surface area contributed by atoms with Gasteiger partial charge in [-0.1, -0.05) is 13.0 Å². The maximum absolute atomic E-state index is 13.7. The van der Waals surface area contributed by atoms with E-state index in [-0.39, 0.29) is 24.0 Å². The zero-order valence-electron chi connectivity index (χ0n) is 14.1. The van der Waals surface area contributed by atoms with Crippen molar-refractivity contribution in [2.45, 2.75) is 38.5 Å². The van der Waals surface area contributed by atoms with Gasteiger partial charge in [-0.3, -0.25) is 4.79 Å². The number of alkyl halides is 2. The topological polar surface area (TPSA) is 78.9 Å². The van der Waals surface area contributed by atoms with Crippen molar-refractivity contribution < 1.29 is 37.4 Å². The van der Waals surface area contributed by atoms with Gasteiger partial charge in [0.15, 0.2) is 6.61 Å². The lowest BCUT2D eigenvalue weighted by Crippen LogP contribution is -2.38. The normalized spacial score (nSPS) is 24.7. The Morgan fingerprint density at radius 3 is 2.32 bits per heavy atom. The van der Waals surface area contributed by atoms with Crippen LogP contribution in [0.5, 0.6) is 0 Å². The highest BCUT2D eigenvalue weighted by Gasteiger charge is 2.46. The molecule has 3 atom stereocenters. The van der Waals surface area contributed by atoms with Crippen molar-refractivity contribution in [2.75, 3.05) is 19.8 Å². The first kappa shape index (κ1) is 19.3. The molecule has 2 aliphatic rings. The number of hydrogen-bond acceptors (Lipinski definition) is 6. The molecule has 2 rings (SSSR count). The molecule has 0 amide bonds. The fraction of sp³-hybridized carbons (Fsp3) is 0.706. The molecule has 0 aromatic rings. The quantitative estimate of drug-likeness (QED) is 0.286. The Hall–Kier alpha value is -1.99. The van der Waals surface area contributed by atoms with Crippen LogP contribution in [-0.2, 0) is 28.6 Å². The molecule has 25 heavy (non-hydrogen) atoms. The maximum atomic E-state index is 13.7. The molecule has 2 aliphatic carbocycles. The molecule has 0 aromatic heterocycles. The van der Waals surface area contributed by atoms with E-state index in [2.05, 4.69) is 20.8 Å². The van der Waals surface area contributed by atoms with Crippen molar-refractivity contribution in [1.82, 2.24) is 0 Å². The molecule has 2 fully saturated rings. The summed E-state index contributed by atoms with van der Waals surface area (Å²) in [5.41, 5.74) is 0.143. The van der Waals surface area contributed by atoms with Crippen LogP contribution in [0.1, 0.15) is 32.6 Å². The Balaban J connectivity index is 1.69. The second-order valence-corrected chi connectivity index (χ2v) is 6.65. The second-order valence-electron chi connectivity index (χ2n) is 6.65. The molecular weight excluding hydrogens is 338 g/mol. The van der Waals surface area contributed by atoms with Crippen LogP contribution in [0.25, 0.3) is 0 Å². The third-order valence-electron chi connectivity index (χ3n) is 4.63. The first-order valence-electron chi connectivity index (χ1n) is 8.25. The third-order valence-corrected chi connectivity index (χ3v) is 4.63. The van der Waals surface area contributed by atoms with Gasteiger partial charge >= 0.3 is 23.8 Å². The van der Waals surface area contributed by atoms with Gasteiger partial charge in [-0.2, -0.15) is 8.78 Å². The highest BCUT2D eigenvalue weighted by atomic mass is 19.3. The van der Waals surface area contributed by atoms with Crippen molar-refractivity contribution in [3.05, 3.63) is 12.2 Å². The molecule has 0 aliphatic heterocycles. The third kappa shape index (κ3) is 4.99. The molecule has 2 saturated carbocycles. The number of ether oxygens (including phenoxy) is 3. The first-order valence-corrected chi connectivity index (χ1v) is 8.25. The second kappa shape index (κ2) is 7.93. The van der Waals surface area contributed by atoms with Crippen LogP contribution in [0.4, 0.5) is 8.78 Å². The molecule has 2 bridgehead atoms. The van der Waals surface area contributed by atoms with Gasteiger partial charge in [0, 0.05) is 5.57 Å². The molecule has 0 spiro atoms. The molecule has 8 heteroatoms. The van der Waals surface area contributed by atoms with E-state index in [1.165, 1.54) is 6.92 Å². The summed E-state index contributed by atoms with van der Waals surface area (Å²) < 4.78 is 41.0. The predicted octanol–water partition coefficient (Wildman–Crippen LogP) is 2.26. The van der Waals surface area contributed by atoms with Gasteiger partial charge in [0.1, 0.15) is 13.2 Å². The van der Waals surface area contributed by atoms with Crippen LogP contribution in [0.15, 0.2) is 12.2 Å². The average Bonchev–Trinajstić information content (AvgIpc) is 3.19. The Morgan fingerprint density at radius 2 is 1.76 bits per heavy atom. The lowest BCUT2D eigenvalue weighted by molar-refractivity contribution is -0.186. The lowest BCUT2D eigenvalue weighted by Gasteiger charge is -2.21. The average molecular weight is 360 g/mol. The summed E-state index contributed by atoms with van der Waals surface area (Å²) in [6, 6.07) is 0. The fourth-order valence-corrected chi connectivity index (χ4v) is 3.36. The van der Waals surface area contributed by atoms with Gasteiger partial charge in [-0.15, -0.1) is 0 Å². The predicted molar refractivity (Wildman–Crippen MR) is 81.6 cm³/mol. The summed E-state index contributed by atoms with van der Waals surface area (Å²) in [5, 5.41) is 0. The highest BCUT2D eigenvalue weighted by molar-refractivity contribution is 5.86. The summed E-state index contributed by atoms with van der Waals surface area (Å²) in [6.45, 7) is 2.54. The van der Waals surface area contributed by atoms with Crippen LogP contribution in [0.3, 0.4) is 0 Å². The molecule has 0 N–H and O–H groups in total. The summed E-state index contributed by atoms with van der Waals surface area (Å²) >= 11 is 0. The molecule has 0 radical (unpaired) electrons. The van der Waals surface area contributed by atoms with Crippen molar-refractivity contribution in [3.63, 3.8) is 0 Å². The van der Waals surface area contributed by atoms with E-state index in [1.54, 1.807) is 0 Å². The Morgan fingerprint density at radius 1 is 1.08 bits per heavy atom. The van der Waals surface area contributed by atoms with Gasteiger partial charge in [0.05, 0.1) is 5.92 Å². The summed E-state index contributed by atoms with van der Waals surface area (Å²) in [6.07, 6.45) is 3.62. The minimum absolute atomic E-state index is 0.143. The summed E-state index contributed by atoms with van der Waals surface area (Å²) in [7, 11) is 0. The van der Waals surface area contributed by atoms with Crippen molar-refractivity contribution in [2.24, 2.45) is 17.8 Å². The molecule has 0 heterocycles. The van der Waals surface area contributed by atoms with E-state index in [0.29, 0.717) is 12.3 Å². The number of halogens is 2. The van der Waals surface area contributed by atoms with Crippen molar-refractivity contribution in [1.29, 1.82) is 0 Å². The zero-order chi connectivity index (χ0) is 18.6. The largest absolute Gasteiger partial charge is 0.459 e. The Labute approximate surface area is 144 Å². The van der Waals surface area contributed by atoms with Crippen molar-refractivity contribution in [3.8, 4) is 0 Å². The number of fused-ring (bicyclic) bond motifs is 2. The van der Waals surface area contributed by atoms with E-state index < -0.39 is 37.0 Å². The van der Waals surface area contributed by atoms with Crippen LogP contribution in [0, 0.1) is 17.8 Å². The highest BCUT2D eigenvalue weighted by Crippen LogP contribution is 2.48. The fourth-order valence-electron chi connectivity index (χ4n) is 3.36. The Bertz CT molecular complexity index is 559. The monoisotopic (exact) mass is 360 g/mol. The van der Waals surface area contributed by atoms with E-state index in [9.17, 15) is 23.2 Å². The van der Waals surface area contributed by atoms with Crippen LogP contribution < -0.4 is 0 Å². The lowest BCUT2D eigenvalue weighted by atomic mass is 9.89. The molecule has 3 unspecified atom stereocenters. The summed E-state index contributed by atoms with van der Waals surface area (Å²) in [5.74, 6) is -6.79. The van der Waals surface area contributed by atoms with Gasteiger partial charge in [0.2, 0.25) is 0 Å². The van der Waals surface area contributed by atoms with E-state index in [0.717, 1.165) is 19.3 Å². The molecular formula is C17H22F2O6. The number of hydrogen-bond donors (Lipinski definition) is 0. The Kier molecular flexibility index (Phi) is 6.13. The van der Waals surface area contributed by atoms with Crippen LogP contribution >= 0.6 is 0 Å². The maximum Gasteiger partial charge on any atom is 0.380 e. The standard InChI is InChI=1S/C17H22F2O6/c1-10(2)14(20)23-5-6-24-16(22)17(18,19)9-25-15(21)13-8-11-3-4-12(13)7-11/h11-13H,1,3-9H2,2H3. The number of carbonyl (C=O) groups is 3. The number of carbonyl (C=O) groups excluding carboxylic acids is 3. The minimum atomic E-state index is -3.94. The van der Waals surface area contributed by atoms with Crippen molar-refractivity contribution >= 4 is 17.9 Å². The first-order chi connectivity index (χ1) is 11.7. The number of esters is 3. The molecule has 6 nitrogen and oxygen atoms in total.